The zero-order valence-electron chi connectivity index (χ0n) is 38.9. The van der Waals surface area contributed by atoms with Crippen LogP contribution in [0.15, 0.2) is 130 Å². The van der Waals surface area contributed by atoms with Crippen molar-refractivity contribution in [3.63, 3.8) is 0 Å². The van der Waals surface area contributed by atoms with Crippen molar-refractivity contribution < 1.29 is 13.7 Å². The van der Waals surface area contributed by atoms with Crippen molar-refractivity contribution in [2.75, 3.05) is 16.0 Å². The zero-order valence-corrected chi connectivity index (χ0v) is 42.1. The normalized spacial score (nSPS) is 27.3. The van der Waals surface area contributed by atoms with Gasteiger partial charge in [-0.05, 0) is 201 Å². The summed E-state index contributed by atoms with van der Waals surface area (Å²) in [5.41, 5.74) is 4.48. The highest BCUT2D eigenvalue weighted by atomic mass is 79.9. The first-order valence-corrected chi connectivity index (χ1v) is 25.2. The molecule has 16 rings (SSSR count). The number of pyridine rings is 6. The molecule has 0 amide bonds. The van der Waals surface area contributed by atoms with Crippen LogP contribution in [0.2, 0.25) is 0 Å². The van der Waals surface area contributed by atoms with Crippen molar-refractivity contribution in [2.45, 2.75) is 120 Å². The van der Waals surface area contributed by atoms with E-state index in [0.29, 0.717) is 23.2 Å². The third kappa shape index (κ3) is 10.2. The second kappa shape index (κ2) is 18.4. The molecule has 9 saturated carbocycles. The Bertz CT molecular complexity index is 2700. The second-order valence-electron chi connectivity index (χ2n) is 21.1. The first kappa shape index (κ1) is 46.7. The maximum Gasteiger partial charge on any atom is 0.496 e. The van der Waals surface area contributed by atoms with E-state index < -0.39 is 5.95 Å². The van der Waals surface area contributed by atoms with Gasteiger partial charge in [0, 0.05) is 86.0 Å². The van der Waals surface area contributed by atoms with Crippen LogP contribution in [-0.4, -0.2) is 64.4 Å². The average Bonchev–Trinajstić information content (AvgIpc) is 3.47. The SMILES string of the molecule is Brc1ccc(NC23CC(C2)C3)nc1.CC1(C)OB(c2ccc(NC34CC(C3)C4)nc2)OC1(C)C.Fc1ccc(Br)cn1.O=c1ccc(-c2ccc(NC34CC(C3)C4)nc2)cn1Cc1cccnc1. The number of hydrogen-bond acceptors (Lipinski definition) is 11. The predicted molar refractivity (Wildman–Crippen MR) is 272 cm³/mol. The smallest absolute Gasteiger partial charge is 0.399 e. The lowest BCUT2D eigenvalue weighted by atomic mass is 9.50. The standard InChI is InChI=1S/C21H20N4O.C16H23BN2O2.C10H11BrN2.C5H3BrFN/c26-20-6-4-18(14-25(20)13-15-2-1-7-22-11-15)17-3-5-19(23-12-17)24-21-8-16(9-21)10-21;1-14(2)15(3,4)21-17(20-14)12-5-6-13(18-10-12)19-16-7-11(8-16)9-16;11-8-1-2-9(12-6-8)13-10-3-7(4-10)5-10;6-4-1-2-5(7)8-3-4/h1-7,11-12,14,16H,8-10,13H2,(H,23,24);5-6,10-11H,7-9H2,1-4H3,(H,18,19);1-2,6-7H,3-5H2,(H,12,13);1-3H. The Morgan fingerprint density at radius 2 is 1.12 bits per heavy atom. The Balaban J connectivity index is 0.000000114. The highest BCUT2D eigenvalue weighted by Gasteiger charge is 2.58. The molecule has 1 aliphatic heterocycles. The van der Waals surface area contributed by atoms with Crippen LogP contribution in [0.1, 0.15) is 91.0 Å². The molecule has 68 heavy (non-hydrogen) atoms. The number of anilines is 3. The minimum absolute atomic E-state index is 0.0209. The van der Waals surface area contributed by atoms with Crippen LogP contribution < -0.4 is 27.0 Å². The van der Waals surface area contributed by atoms with E-state index in [9.17, 15) is 9.18 Å². The Morgan fingerprint density at radius 3 is 1.53 bits per heavy atom. The Morgan fingerprint density at radius 1 is 0.618 bits per heavy atom. The molecule has 1 saturated heterocycles. The highest BCUT2D eigenvalue weighted by molar-refractivity contribution is 9.10. The maximum atomic E-state index is 12.2. The molecular formula is C52H57BBr2FN9O3. The summed E-state index contributed by atoms with van der Waals surface area (Å²) < 4.78 is 27.6. The van der Waals surface area contributed by atoms with E-state index in [2.05, 4.69) is 113 Å². The quantitative estimate of drug-likeness (QED) is 0.0892. The molecule has 7 heterocycles. The lowest BCUT2D eigenvalue weighted by Gasteiger charge is -2.62. The van der Waals surface area contributed by atoms with E-state index in [0.717, 1.165) is 66.3 Å². The minimum Gasteiger partial charge on any atom is -0.399 e. The molecule has 6 aromatic rings. The Kier molecular flexibility index (Phi) is 12.6. The summed E-state index contributed by atoms with van der Waals surface area (Å²) in [6.45, 7) is 8.79. The van der Waals surface area contributed by atoms with E-state index in [1.807, 2.05) is 67.3 Å². The fourth-order valence-corrected chi connectivity index (χ4v) is 10.7. The van der Waals surface area contributed by atoms with Gasteiger partial charge in [0.25, 0.3) is 5.56 Å². The molecule has 6 bridgehead atoms. The predicted octanol–water partition coefficient (Wildman–Crippen LogP) is 10.5. The lowest BCUT2D eigenvalue weighted by Crippen LogP contribution is -2.63. The molecule has 16 heteroatoms. The summed E-state index contributed by atoms with van der Waals surface area (Å²) in [6, 6.07) is 22.5. The summed E-state index contributed by atoms with van der Waals surface area (Å²) >= 11 is 6.49. The molecule has 10 fully saturated rings. The van der Waals surface area contributed by atoms with Crippen molar-refractivity contribution in [2.24, 2.45) is 17.8 Å². The monoisotopic (exact) mass is 1040 g/mol. The summed E-state index contributed by atoms with van der Waals surface area (Å²) in [7, 11) is -0.327. The van der Waals surface area contributed by atoms with Crippen molar-refractivity contribution in [3.05, 3.63) is 147 Å². The molecule has 0 radical (unpaired) electrons. The Labute approximate surface area is 414 Å². The fourth-order valence-electron chi connectivity index (χ4n) is 10.3. The van der Waals surface area contributed by atoms with Gasteiger partial charge in [-0.25, -0.2) is 19.9 Å². The van der Waals surface area contributed by atoms with Gasteiger partial charge in [-0.3, -0.25) is 9.78 Å². The van der Waals surface area contributed by atoms with Crippen molar-refractivity contribution in [1.29, 1.82) is 0 Å². The molecule has 12 nitrogen and oxygen atoms in total. The molecule has 0 atom stereocenters. The van der Waals surface area contributed by atoms with Crippen molar-refractivity contribution >= 4 is 61.9 Å². The molecule has 3 N–H and O–H groups in total. The number of hydrogen-bond donors (Lipinski definition) is 3. The van der Waals surface area contributed by atoms with E-state index in [4.69, 9.17) is 9.31 Å². The second-order valence-corrected chi connectivity index (χ2v) is 22.9. The molecular weight excluding hydrogens is 988 g/mol. The number of rotatable bonds is 10. The molecule has 10 aliphatic rings. The zero-order chi connectivity index (χ0) is 47.3. The third-order valence-electron chi connectivity index (χ3n) is 15.2. The van der Waals surface area contributed by atoms with Crippen LogP contribution in [0, 0.1) is 23.7 Å². The molecule has 0 aromatic carbocycles. The number of nitrogens with zero attached hydrogens (tertiary/aromatic N) is 6. The largest absolute Gasteiger partial charge is 0.496 e. The molecule has 6 aromatic heterocycles. The van der Waals surface area contributed by atoms with E-state index in [-0.39, 0.29) is 23.9 Å². The number of aromatic nitrogens is 6. The molecule has 0 spiro atoms. The minimum atomic E-state index is -0.451. The number of halogens is 3. The van der Waals surface area contributed by atoms with E-state index in [1.54, 1.807) is 29.1 Å². The summed E-state index contributed by atoms with van der Waals surface area (Å²) in [6.07, 6.45) is 24.3. The summed E-state index contributed by atoms with van der Waals surface area (Å²) in [5.74, 6) is 5.41. The van der Waals surface area contributed by atoms with Crippen LogP contribution in [0.4, 0.5) is 21.8 Å². The molecule has 9 aliphatic carbocycles. The molecule has 0 unspecified atom stereocenters. The summed E-state index contributed by atoms with van der Waals surface area (Å²) in [4.78, 5) is 33.1. The topological polar surface area (TPSA) is 141 Å². The van der Waals surface area contributed by atoms with Gasteiger partial charge in [-0.2, -0.15) is 4.39 Å². The van der Waals surface area contributed by atoms with Gasteiger partial charge in [0.1, 0.15) is 17.5 Å². The van der Waals surface area contributed by atoms with Gasteiger partial charge >= 0.3 is 7.12 Å². The van der Waals surface area contributed by atoms with Crippen LogP contribution in [0.3, 0.4) is 0 Å². The fraction of sp³-hybridized carbons (Fsp3) is 0.423. The Hall–Kier alpha value is -5.03. The molecule has 352 valence electrons. The van der Waals surface area contributed by atoms with Crippen molar-refractivity contribution in [1.82, 2.24) is 29.5 Å². The van der Waals surface area contributed by atoms with Gasteiger partial charge in [0.05, 0.1) is 17.7 Å². The number of nitrogens with one attached hydrogen (secondary N) is 3. The third-order valence-corrected chi connectivity index (χ3v) is 16.1. The summed E-state index contributed by atoms with van der Waals surface area (Å²) in [5, 5.41) is 10.7. The maximum absolute atomic E-state index is 12.2. The first-order valence-electron chi connectivity index (χ1n) is 23.6. The van der Waals surface area contributed by atoms with Crippen LogP contribution in [0.25, 0.3) is 11.1 Å². The van der Waals surface area contributed by atoms with Gasteiger partial charge < -0.3 is 29.8 Å². The van der Waals surface area contributed by atoms with Crippen LogP contribution in [-0.2, 0) is 15.9 Å². The van der Waals surface area contributed by atoms with E-state index in [1.165, 1.54) is 70.1 Å². The van der Waals surface area contributed by atoms with Gasteiger partial charge in [0.2, 0.25) is 5.95 Å². The lowest BCUT2D eigenvalue weighted by molar-refractivity contribution is 0.00168. The van der Waals surface area contributed by atoms with Gasteiger partial charge in [-0.1, -0.05) is 12.1 Å². The van der Waals surface area contributed by atoms with E-state index >= 15 is 0 Å². The van der Waals surface area contributed by atoms with Crippen molar-refractivity contribution in [3.8, 4) is 11.1 Å². The highest BCUT2D eigenvalue weighted by Crippen LogP contribution is 2.60. The first-order chi connectivity index (χ1) is 32.5. The van der Waals surface area contributed by atoms with Crippen LogP contribution >= 0.6 is 31.9 Å². The van der Waals surface area contributed by atoms with Gasteiger partial charge in [-0.15, -0.1) is 0 Å². The average molecular weight is 1050 g/mol. The van der Waals surface area contributed by atoms with Gasteiger partial charge in [0.15, 0.2) is 0 Å². The van der Waals surface area contributed by atoms with Crippen LogP contribution in [0.5, 0.6) is 0 Å².